The van der Waals surface area contributed by atoms with E-state index >= 15 is 0 Å². The van der Waals surface area contributed by atoms with Crippen LogP contribution in [0.5, 0.6) is 11.5 Å². The lowest BCUT2D eigenvalue weighted by molar-refractivity contribution is -0.137. The third-order valence-corrected chi connectivity index (χ3v) is 5.31. The Morgan fingerprint density at radius 1 is 0.871 bits per heavy atom. The van der Waals surface area contributed by atoms with Crippen LogP contribution in [0.25, 0.3) is 22.0 Å². The van der Waals surface area contributed by atoms with E-state index in [9.17, 15) is 23.4 Å². The van der Waals surface area contributed by atoms with Crippen molar-refractivity contribution in [3.05, 3.63) is 89.1 Å². The summed E-state index contributed by atoms with van der Waals surface area (Å²) in [6, 6.07) is 14.6. The van der Waals surface area contributed by atoms with Crippen molar-refractivity contribution in [2.24, 2.45) is 4.99 Å². The van der Waals surface area contributed by atoms with Gasteiger partial charge in [-0.1, -0.05) is 12.1 Å². The molecule has 0 atom stereocenters. The van der Waals surface area contributed by atoms with Gasteiger partial charge in [-0.15, -0.1) is 0 Å². The molecule has 0 saturated carbocycles. The highest BCUT2D eigenvalue weighted by atomic mass is 19.4. The Labute approximate surface area is 174 Å². The van der Waals surface area contributed by atoms with E-state index in [1.807, 2.05) is 0 Å². The smallest absolute Gasteiger partial charge is 0.416 e. The number of alkyl halides is 3. The predicted molar refractivity (Wildman–Crippen MR) is 114 cm³/mol. The van der Waals surface area contributed by atoms with E-state index in [-0.39, 0.29) is 11.5 Å². The second-order valence-corrected chi connectivity index (χ2v) is 7.26. The van der Waals surface area contributed by atoms with Gasteiger partial charge in [0.2, 0.25) is 0 Å². The van der Waals surface area contributed by atoms with E-state index in [1.165, 1.54) is 18.2 Å². The Morgan fingerprint density at radius 2 is 1.58 bits per heavy atom. The average Bonchev–Trinajstić information content (AvgIpc) is 3.33. The summed E-state index contributed by atoms with van der Waals surface area (Å²) in [5.74, 6) is 0.133. The maximum Gasteiger partial charge on any atom is 0.416 e. The summed E-state index contributed by atoms with van der Waals surface area (Å²) < 4.78 is 39.3. The molecule has 1 aromatic heterocycles. The van der Waals surface area contributed by atoms with Gasteiger partial charge in [-0.3, -0.25) is 4.99 Å². The number of benzene rings is 3. The summed E-state index contributed by atoms with van der Waals surface area (Å²) in [5.41, 5.74) is 3.90. The number of nitrogens with one attached hydrogen (secondary N) is 1. The highest BCUT2D eigenvalue weighted by Gasteiger charge is 2.30. The topological polar surface area (TPSA) is 68.6 Å². The number of aromatic nitrogens is 1. The summed E-state index contributed by atoms with van der Waals surface area (Å²) in [4.78, 5) is 7.54. The zero-order chi connectivity index (χ0) is 21.8. The van der Waals surface area contributed by atoms with Crippen molar-refractivity contribution in [2.45, 2.75) is 6.18 Å². The third-order valence-electron chi connectivity index (χ3n) is 5.31. The number of hydrogen-bond acceptors (Lipinski definition) is 3. The first-order valence-corrected chi connectivity index (χ1v) is 9.41. The van der Waals surface area contributed by atoms with Crippen LogP contribution in [0.15, 0.2) is 71.9 Å². The quantitative estimate of drug-likeness (QED) is 0.358. The van der Waals surface area contributed by atoms with Crippen molar-refractivity contribution in [3.8, 4) is 11.5 Å². The minimum atomic E-state index is -4.44. The van der Waals surface area contributed by atoms with Crippen LogP contribution in [0.3, 0.4) is 0 Å². The van der Waals surface area contributed by atoms with Gasteiger partial charge >= 0.3 is 6.18 Å². The maximum atomic E-state index is 13.1. The fourth-order valence-corrected chi connectivity index (χ4v) is 3.85. The van der Waals surface area contributed by atoms with Crippen molar-refractivity contribution in [3.63, 3.8) is 0 Å². The van der Waals surface area contributed by atoms with E-state index in [0.29, 0.717) is 38.9 Å². The van der Waals surface area contributed by atoms with Crippen molar-refractivity contribution in [1.82, 2.24) is 4.98 Å². The van der Waals surface area contributed by atoms with Crippen molar-refractivity contribution in [1.29, 1.82) is 0 Å². The van der Waals surface area contributed by atoms with Gasteiger partial charge in [0, 0.05) is 45.6 Å². The lowest BCUT2D eigenvalue weighted by atomic mass is 9.89. The number of rotatable bonds is 2. The van der Waals surface area contributed by atoms with Gasteiger partial charge in [-0.2, -0.15) is 13.2 Å². The molecule has 2 heterocycles. The number of hydrogen-bond donors (Lipinski definition) is 3. The highest BCUT2D eigenvalue weighted by molar-refractivity contribution is 6.27. The number of aliphatic imine (C=N–C) groups is 1. The molecule has 7 heteroatoms. The lowest BCUT2D eigenvalue weighted by Crippen LogP contribution is -2.04. The zero-order valence-electron chi connectivity index (χ0n) is 15.9. The first kappa shape index (κ1) is 19.0. The summed E-state index contributed by atoms with van der Waals surface area (Å²) in [7, 11) is 0. The molecule has 3 N–H and O–H groups in total. The average molecular weight is 420 g/mol. The second-order valence-electron chi connectivity index (χ2n) is 7.26. The van der Waals surface area contributed by atoms with Crippen LogP contribution < -0.4 is 0 Å². The summed E-state index contributed by atoms with van der Waals surface area (Å²) in [6.45, 7) is 0. The number of halogens is 3. The monoisotopic (exact) mass is 420 g/mol. The SMILES string of the molecule is Oc1ccc2c(c1)/C(=C(\c1ccc(C(F)(F)F)cc1)c1c[nH]c3ccc(O)cc13)C=N2. The molecule has 31 heavy (non-hydrogen) atoms. The molecule has 0 aliphatic carbocycles. The minimum Gasteiger partial charge on any atom is -0.508 e. The molecule has 154 valence electrons. The minimum absolute atomic E-state index is 0.0603. The molecule has 1 aliphatic rings. The second kappa shape index (κ2) is 6.77. The fourth-order valence-electron chi connectivity index (χ4n) is 3.85. The molecule has 0 amide bonds. The Morgan fingerprint density at radius 3 is 2.32 bits per heavy atom. The number of phenolic OH excluding ortho intramolecular Hbond substituents is 2. The number of allylic oxidation sites excluding steroid dienone is 1. The zero-order valence-corrected chi connectivity index (χ0v) is 15.9. The van der Waals surface area contributed by atoms with Gasteiger partial charge in [0.05, 0.1) is 11.3 Å². The van der Waals surface area contributed by atoms with Crippen LogP contribution in [-0.2, 0) is 6.18 Å². The Balaban J connectivity index is 1.80. The standard InChI is InChI=1S/C24H15F3N2O2/c25-24(26,27)14-3-1-13(2-4-14)23(19-11-28-21-7-5-15(30)9-17(19)21)20-12-29-22-8-6-16(31)10-18(20)22/h1-12,28,30-31H/b23-20+. The molecule has 4 nitrogen and oxygen atoms in total. The Bertz CT molecular complexity index is 1380. The Kier molecular flexibility index (Phi) is 4.15. The van der Waals surface area contributed by atoms with Gasteiger partial charge in [-0.25, -0.2) is 0 Å². The number of aromatic amines is 1. The normalized spacial score (nSPS) is 14.8. The van der Waals surface area contributed by atoms with Crippen molar-refractivity contribution >= 4 is 34.0 Å². The van der Waals surface area contributed by atoms with Gasteiger partial charge in [0.1, 0.15) is 11.5 Å². The molecule has 3 aromatic carbocycles. The molecule has 0 saturated heterocycles. The number of nitrogens with zero attached hydrogens (tertiary/aromatic N) is 1. The third kappa shape index (κ3) is 3.24. The van der Waals surface area contributed by atoms with Gasteiger partial charge in [0.25, 0.3) is 0 Å². The molecule has 0 bridgehead atoms. The van der Waals surface area contributed by atoms with E-state index in [4.69, 9.17) is 0 Å². The molecule has 0 fully saturated rings. The first-order chi connectivity index (χ1) is 14.8. The fraction of sp³-hybridized carbons (Fsp3) is 0.0417. The van der Waals surface area contributed by atoms with Crippen molar-refractivity contribution in [2.75, 3.05) is 0 Å². The first-order valence-electron chi connectivity index (χ1n) is 9.41. The van der Waals surface area contributed by atoms with Crippen molar-refractivity contribution < 1.29 is 23.4 Å². The Hall–Kier alpha value is -4.00. The van der Waals surface area contributed by atoms with E-state index < -0.39 is 11.7 Å². The molecule has 5 rings (SSSR count). The summed E-state index contributed by atoms with van der Waals surface area (Å²) >= 11 is 0. The number of phenols is 2. The number of fused-ring (bicyclic) bond motifs is 2. The van der Waals surface area contributed by atoms with Crippen LogP contribution in [0.1, 0.15) is 22.3 Å². The predicted octanol–water partition coefficient (Wildman–Crippen LogP) is 6.27. The number of aromatic hydroxyl groups is 2. The molecular weight excluding hydrogens is 405 g/mol. The molecule has 0 spiro atoms. The maximum absolute atomic E-state index is 13.1. The summed E-state index contributed by atoms with van der Waals surface area (Å²) in [6.07, 6.45) is -1.05. The van der Waals surface area contributed by atoms with Gasteiger partial charge < -0.3 is 15.2 Å². The van der Waals surface area contributed by atoms with E-state index in [0.717, 1.165) is 17.6 Å². The van der Waals surface area contributed by atoms with Crippen LogP contribution in [0, 0.1) is 0 Å². The largest absolute Gasteiger partial charge is 0.508 e. The molecular formula is C24H15F3N2O2. The summed E-state index contributed by atoms with van der Waals surface area (Å²) in [5, 5.41) is 20.7. The van der Waals surface area contributed by atoms with Crippen LogP contribution in [0.2, 0.25) is 0 Å². The van der Waals surface area contributed by atoms with Gasteiger partial charge in [0.15, 0.2) is 0 Å². The highest BCUT2D eigenvalue weighted by Crippen LogP contribution is 2.43. The van der Waals surface area contributed by atoms with Crippen LogP contribution in [0.4, 0.5) is 18.9 Å². The van der Waals surface area contributed by atoms with Crippen LogP contribution >= 0.6 is 0 Å². The number of H-pyrrole nitrogens is 1. The molecule has 0 unspecified atom stereocenters. The van der Waals surface area contributed by atoms with E-state index in [2.05, 4.69) is 9.98 Å². The van der Waals surface area contributed by atoms with E-state index in [1.54, 1.807) is 42.7 Å². The van der Waals surface area contributed by atoms with Crippen LogP contribution in [-0.4, -0.2) is 21.4 Å². The molecule has 0 radical (unpaired) electrons. The van der Waals surface area contributed by atoms with Gasteiger partial charge in [-0.05, 0) is 54.1 Å². The molecule has 1 aliphatic heterocycles. The lowest BCUT2D eigenvalue weighted by Gasteiger charge is -2.14. The molecule has 4 aromatic rings.